The molecule has 8 heteroatoms. The van der Waals surface area contributed by atoms with Crippen molar-refractivity contribution in [3.63, 3.8) is 0 Å². The molecule has 0 saturated carbocycles. The Morgan fingerprint density at radius 1 is 1.17 bits per heavy atom. The standard InChI is InChI=1S/C15H28N4O4/c1-15(2,3)23-14(22)17-11(5-6-12(16)20)13(21)19-9-7-18(4)8-10-19/h11H,5-10H2,1-4H3,(H2,16,20)(H,17,22)/t11-/m0/s1. The number of primary amides is 1. The molecule has 0 bridgehead atoms. The van der Waals surface area contributed by atoms with E-state index >= 15 is 0 Å². The van der Waals surface area contributed by atoms with Gasteiger partial charge in [0.15, 0.2) is 0 Å². The number of ether oxygens (including phenoxy) is 1. The monoisotopic (exact) mass is 328 g/mol. The van der Waals surface area contributed by atoms with Crippen LogP contribution >= 0.6 is 0 Å². The summed E-state index contributed by atoms with van der Waals surface area (Å²) < 4.78 is 5.18. The van der Waals surface area contributed by atoms with Gasteiger partial charge in [-0.25, -0.2) is 4.79 Å². The fraction of sp³-hybridized carbons (Fsp3) is 0.800. The van der Waals surface area contributed by atoms with Crippen LogP contribution in [-0.4, -0.2) is 72.6 Å². The van der Waals surface area contributed by atoms with Gasteiger partial charge in [-0.1, -0.05) is 0 Å². The van der Waals surface area contributed by atoms with Crippen molar-refractivity contribution >= 4 is 17.9 Å². The summed E-state index contributed by atoms with van der Waals surface area (Å²) in [5.41, 5.74) is 4.50. The summed E-state index contributed by atoms with van der Waals surface area (Å²) in [5.74, 6) is -0.711. The SMILES string of the molecule is CN1CCN(C(=O)[C@H](CCC(N)=O)NC(=O)OC(C)(C)C)CC1. The molecular formula is C15H28N4O4. The van der Waals surface area contributed by atoms with Crippen molar-refractivity contribution in [1.82, 2.24) is 15.1 Å². The third-order valence-electron chi connectivity index (χ3n) is 3.48. The third kappa shape index (κ3) is 7.32. The first kappa shape index (κ1) is 19.2. The Morgan fingerprint density at radius 2 is 1.74 bits per heavy atom. The van der Waals surface area contributed by atoms with Crippen LogP contribution in [0, 0.1) is 0 Å². The van der Waals surface area contributed by atoms with Gasteiger partial charge in [-0.3, -0.25) is 9.59 Å². The van der Waals surface area contributed by atoms with Gasteiger partial charge in [0.1, 0.15) is 11.6 Å². The molecule has 1 fully saturated rings. The number of nitrogens with one attached hydrogen (secondary N) is 1. The van der Waals surface area contributed by atoms with Crippen molar-refractivity contribution < 1.29 is 19.1 Å². The van der Waals surface area contributed by atoms with Crippen LogP contribution in [0.25, 0.3) is 0 Å². The molecule has 8 nitrogen and oxygen atoms in total. The molecule has 0 aliphatic carbocycles. The van der Waals surface area contributed by atoms with Crippen molar-refractivity contribution in [3.8, 4) is 0 Å². The Labute approximate surface area is 137 Å². The highest BCUT2D eigenvalue weighted by atomic mass is 16.6. The summed E-state index contributed by atoms with van der Waals surface area (Å²) in [6.45, 7) is 7.98. The molecule has 1 heterocycles. The lowest BCUT2D eigenvalue weighted by Gasteiger charge is -2.35. The van der Waals surface area contributed by atoms with Crippen molar-refractivity contribution in [3.05, 3.63) is 0 Å². The quantitative estimate of drug-likeness (QED) is 0.734. The Balaban J connectivity index is 2.68. The van der Waals surface area contributed by atoms with E-state index in [-0.39, 0.29) is 18.7 Å². The highest BCUT2D eigenvalue weighted by molar-refractivity contribution is 5.86. The van der Waals surface area contributed by atoms with Crippen molar-refractivity contribution in [2.75, 3.05) is 33.2 Å². The first-order valence-corrected chi connectivity index (χ1v) is 7.83. The van der Waals surface area contributed by atoms with Crippen molar-refractivity contribution in [2.24, 2.45) is 5.73 Å². The molecule has 1 saturated heterocycles. The van der Waals surface area contributed by atoms with Crippen LogP contribution in [0.5, 0.6) is 0 Å². The molecule has 0 aromatic heterocycles. The van der Waals surface area contributed by atoms with E-state index in [9.17, 15) is 14.4 Å². The van der Waals surface area contributed by atoms with E-state index in [1.54, 1.807) is 25.7 Å². The van der Waals surface area contributed by atoms with E-state index in [1.807, 2.05) is 7.05 Å². The van der Waals surface area contributed by atoms with Crippen LogP contribution in [0.15, 0.2) is 0 Å². The number of alkyl carbamates (subject to hydrolysis) is 1. The van der Waals surface area contributed by atoms with Crippen molar-refractivity contribution in [2.45, 2.75) is 45.3 Å². The molecule has 0 radical (unpaired) electrons. The van der Waals surface area contributed by atoms with Gasteiger partial charge in [0.05, 0.1) is 0 Å². The molecule has 1 rings (SSSR count). The number of hydrogen-bond acceptors (Lipinski definition) is 5. The molecule has 0 unspecified atom stereocenters. The van der Waals surface area contributed by atoms with Crippen LogP contribution in [0.3, 0.4) is 0 Å². The van der Waals surface area contributed by atoms with Gasteiger partial charge in [-0.15, -0.1) is 0 Å². The average Bonchev–Trinajstić information content (AvgIpc) is 2.41. The Hall–Kier alpha value is -1.83. The second-order valence-electron chi connectivity index (χ2n) is 6.83. The second-order valence-corrected chi connectivity index (χ2v) is 6.83. The predicted molar refractivity (Wildman–Crippen MR) is 85.7 cm³/mol. The van der Waals surface area contributed by atoms with Gasteiger partial charge in [0.25, 0.3) is 0 Å². The molecule has 1 atom stereocenters. The Morgan fingerprint density at radius 3 is 2.22 bits per heavy atom. The second kappa shape index (κ2) is 8.14. The summed E-state index contributed by atoms with van der Waals surface area (Å²) in [6, 6.07) is -0.805. The molecule has 1 aliphatic heterocycles. The van der Waals surface area contributed by atoms with Crippen LogP contribution in [0.4, 0.5) is 4.79 Å². The van der Waals surface area contributed by atoms with Gasteiger partial charge < -0.3 is 25.6 Å². The smallest absolute Gasteiger partial charge is 0.408 e. The highest BCUT2D eigenvalue weighted by Crippen LogP contribution is 2.10. The number of carbonyl (C=O) groups excluding carboxylic acids is 3. The lowest BCUT2D eigenvalue weighted by Crippen LogP contribution is -2.54. The highest BCUT2D eigenvalue weighted by Gasteiger charge is 2.29. The number of hydrogen-bond donors (Lipinski definition) is 2. The normalized spacial score (nSPS) is 17.5. The summed E-state index contributed by atoms with van der Waals surface area (Å²) in [6.07, 6.45) is -0.478. The molecular weight excluding hydrogens is 300 g/mol. The molecule has 1 aliphatic rings. The maximum absolute atomic E-state index is 12.6. The first-order chi connectivity index (χ1) is 10.6. The van der Waals surface area contributed by atoms with E-state index < -0.39 is 23.6 Å². The molecule has 3 amide bonds. The van der Waals surface area contributed by atoms with E-state index in [1.165, 1.54) is 0 Å². The minimum Gasteiger partial charge on any atom is -0.444 e. The fourth-order valence-electron chi connectivity index (χ4n) is 2.24. The number of likely N-dealkylation sites (N-methyl/N-ethyl adjacent to an activating group) is 1. The van der Waals surface area contributed by atoms with Gasteiger partial charge >= 0.3 is 6.09 Å². The number of nitrogens with two attached hydrogens (primary N) is 1. The topological polar surface area (TPSA) is 105 Å². The summed E-state index contributed by atoms with van der Waals surface area (Å²) in [7, 11) is 1.99. The van der Waals surface area contributed by atoms with Gasteiger partial charge in [-0.2, -0.15) is 0 Å². The third-order valence-corrected chi connectivity index (χ3v) is 3.48. The largest absolute Gasteiger partial charge is 0.444 e. The molecule has 0 aromatic rings. The van der Waals surface area contributed by atoms with Crippen molar-refractivity contribution in [1.29, 1.82) is 0 Å². The van der Waals surface area contributed by atoms with E-state index in [2.05, 4.69) is 10.2 Å². The Kier molecular flexibility index (Phi) is 6.80. The van der Waals surface area contributed by atoms with E-state index in [0.29, 0.717) is 13.1 Å². The number of nitrogens with zero attached hydrogens (tertiary/aromatic N) is 2. The van der Waals surface area contributed by atoms with Crippen LogP contribution < -0.4 is 11.1 Å². The zero-order chi connectivity index (χ0) is 17.6. The fourth-order valence-corrected chi connectivity index (χ4v) is 2.24. The van der Waals surface area contributed by atoms with Crippen LogP contribution in [-0.2, 0) is 14.3 Å². The molecule has 132 valence electrons. The molecule has 0 aromatic carbocycles. The maximum atomic E-state index is 12.6. The number of piperazine rings is 1. The van der Waals surface area contributed by atoms with Gasteiger partial charge in [0, 0.05) is 32.6 Å². The molecule has 3 N–H and O–H groups in total. The lowest BCUT2D eigenvalue weighted by molar-refractivity contribution is -0.135. The van der Waals surface area contributed by atoms with E-state index in [4.69, 9.17) is 10.5 Å². The van der Waals surface area contributed by atoms with Crippen LogP contribution in [0.2, 0.25) is 0 Å². The maximum Gasteiger partial charge on any atom is 0.408 e. The predicted octanol–water partition coefficient (Wildman–Crippen LogP) is -0.0808. The number of amides is 3. The minimum absolute atomic E-state index is 0.0277. The minimum atomic E-state index is -0.805. The molecule has 0 spiro atoms. The zero-order valence-electron chi connectivity index (χ0n) is 14.4. The summed E-state index contributed by atoms with van der Waals surface area (Å²) >= 11 is 0. The van der Waals surface area contributed by atoms with Crippen LogP contribution in [0.1, 0.15) is 33.6 Å². The molecule has 23 heavy (non-hydrogen) atoms. The number of rotatable bonds is 5. The number of carbonyl (C=O) groups is 3. The first-order valence-electron chi connectivity index (χ1n) is 7.83. The Bertz CT molecular complexity index is 439. The van der Waals surface area contributed by atoms with Gasteiger partial charge in [-0.05, 0) is 34.2 Å². The summed E-state index contributed by atoms with van der Waals surface area (Å²) in [5, 5.41) is 2.56. The zero-order valence-corrected chi connectivity index (χ0v) is 14.4. The lowest BCUT2D eigenvalue weighted by atomic mass is 10.1. The van der Waals surface area contributed by atoms with Gasteiger partial charge in [0.2, 0.25) is 11.8 Å². The summed E-state index contributed by atoms with van der Waals surface area (Å²) in [4.78, 5) is 39.4. The van der Waals surface area contributed by atoms with E-state index in [0.717, 1.165) is 13.1 Å². The average molecular weight is 328 g/mol.